The van der Waals surface area contributed by atoms with Gasteiger partial charge in [-0.05, 0) is 38.1 Å². The van der Waals surface area contributed by atoms with Crippen LogP contribution < -0.4 is 5.32 Å². The normalized spacial score (nSPS) is 23.1. The number of hydrogen-bond donors (Lipinski definition) is 1. The molecule has 1 saturated heterocycles. The Morgan fingerprint density at radius 3 is 2.57 bits per heavy atom. The molecule has 0 aromatic rings. The molecule has 1 saturated carbocycles. The molecule has 1 unspecified atom stereocenters. The van der Waals surface area contributed by atoms with Crippen molar-refractivity contribution in [1.29, 1.82) is 0 Å². The van der Waals surface area contributed by atoms with Gasteiger partial charge in [0.2, 0.25) is 11.8 Å². The summed E-state index contributed by atoms with van der Waals surface area (Å²) in [5.41, 5.74) is 0. The second-order valence-electron chi connectivity index (χ2n) is 6.95. The molecule has 1 aliphatic heterocycles. The van der Waals surface area contributed by atoms with Crippen LogP contribution >= 0.6 is 0 Å². The van der Waals surface area contributed by atoms with Crippen LogP contribution in [0.4, 0.5) is 0 Å². The van der Waals surface area contributed by atoms with Crippen LogP contribution in [0.15, 0.2) is 0 Å². The average Bonchev–Trinajstić information content (AvgIpc) is 3.19. The van der Waals surface area contributed by atoms with E-state index < -0.39 is 0 Å². The van der Waals surface area contributed by atoms with Crippen molar-refractivity contribution in [3.8, 4) is 0 Å². The van der Waals surface area contributed by atoms with Crippen molar-refractivity contribution >= 4 is 11.8 Å². The summed E-state index contributed by atoms with van der Waals surface area (Å²) in [5.74, 6) is 0.797. The van der Waals surface area contributed by atoms with Gasteiger partial charge >= 0.3 is 0 Å². The molecule has 0 spiro atoms. The molecule has 2 fully saturated rings. The molecule has 1 N–H and O–H groups in total. The fourth-order valence-electron chi connectivity index (χ4n) is 3.12. The van der Waals surface area contributed by atoms with Crippen LogP contribution in [0.5, 0.6) is 0 Å². The molecule has 0 aromatic carbocycles. The summed E-state index contributed by atoms with van der Waals surface area (Å²) < 4.78 is 0. The third-order valence-corrected chi connectivity index (χ3v) is 4.14. The van der Waals surface area contributed by atoms with E-state index in [4.69, 9.17) is 0 Å². The lowest BCUT2D eigenvalue weighted by Crippen LogP contribution is -2.51. The van der Waals surface area contributed by atoms with Gasteiger partial charge in [-0.25, -0.2) is 0 Å². The van der Waals surface area contributed by atoms with E-state index in [1.807, 2.05) is 0 Å². The Morgan fingerprint density at radius 1 is 1.29 bits per heavy atom. The van der Waals surface area contributed by atoms with E-state index >= 15 is 0 Å². The summed E-state index contributed by atoms with van der Waals surface area (Å²) >= 11 is 0. The second-order valence-corrected chi connectivity index (χ2v) is 6.95. The van der Waals surface area contributed by atoms with Crippen LogP contribution in [0.1, 0.15) is 46.5 Å². The fraction of sp³-hybridized carbons (Fsp3) is 0.875. The standard InChI is InChI=1S/C16H29N3O2/c1-12(2)9-19(15-6-7-15)16(21)11-18-8-4-5-14(10-18)17-13(3)20/h12,14-15H,4-11H2,1-3H3,(H,17,20). The monoisotopic (exact) mass is 295 g/mol. The summed E-state index contributed by atoms with van der Waals surface area (Å²) in [7, 11) is 0. The fourth-order valence-corrected chi connectivity index (χ4v) is 3.12. The zero-order valence-corrected chi connectivity index (χ0v) is 13.6. The smallest absolute Gasteiger partial charge is 0.237 e. The number of amides is 2. The summed E-state index contributed by atoms with van der Waals surface area (Å²) in [6.45, 7) is 9.01. The zero-order chi connectivity index (χ0) is 15.4. The number of carbonyl (C=O) groups is 2. The van der Waals surface area contributed by atoms with Gasteiger partial charge in [0.25, 0.3) is 0 Å². The van der Waals surface area contributed by atoms with Gasteiger partial charge in [-0.3, -0.25) is 14.5 Å². The number of likely N-dealkylation sites (tertiary alicyclic amines) is 1. The first kappa shape index (κ1) is 16.3. The summed E-state index contributed by atoms with van der Waals surface area (Å²) in [4.78, 5) is 28.0. The molecule has 0 aromatic heterocycles. The third kappa shape index (κ3) is 5.30. The summed E-state index contributed by atoms with van der Waals surface area (Å²) in [6.07, 6.45) is 4.38. The predicted octanol–water partition coefficient (Wildman–Crippen LogP) is 1.23. The van der Waals surface area contributed by atoms with Crippen molar-refractivity contribution in [2.45, 2.75) is 58.5 Å². The molecule has 0 bridgehead atoms. The number of nitrogens with zero attached hydrogens (tertiary/aromatic N) is 2. The molecule has 5 nitrogen and oxygen atoms in total. The van der Waals surface area contributed by atoms with Gasteiger partial charge in [0.15, 0.2) is 0 Å². The molecular formula is C16H29N3O2. The Kier molecular flexibility index (Phi) is 5.62. The van der Waals surface area contributed by atoms with Crippen molar-refractivity contribution in [2.24, 2.45) is 5.92 Å². The molecule has 1 atom stereocenters. The van der Waals surface area contributed by atoms with Crippen LogP contribution in [-0.2, 0) is 9.59 Å². The lowest BCUT2D eigenvalue weighted by molar-refractivity contribution is -0.133. The van der Waals surface area contributed by atoms with Crippen LogP contribution in [0, 0.1) is 5.92 Å². The summed E-state index contributed by atoms with van der Waals surface area (Å²) in [5, 5.41) is 2.98. The number of nitrogens with one attached hydrogen (secondary N) is 1. The minimum absolute atomic E-state index is 0.0209. The molecule has 1 heterocycles. The molecule has 2 amide bonds. The molecule has 2 rings (SSSR count). The Hall–Kier alpha value is -1.10. The first-order valence-electron chi connectivity index (χ1n) is 8.24. The molecule has 21 heavy (non-hydrogen) atoms. The Balaban J connectivity index is 1.84. The molecule has 2 aliphatic rings. The highest BCUT2D eigenvalue weighted by molar-refractivity contribution is 5.79. The van der Waals surface area contributed by atoms with E-state index in [1.165, 1.54) is 0 Å². The number of piperidine rings is 1. The van der Waals surface area contributed by atoms with E-state index in [0.29, 0.717) is 18.5 Å². The Morgan fingerprint density at radius 2 is 2.00 bits per heavy atom. The highest BCUT2D eigenvalue weighted by atomic mass is 16.2. The molecule has 0 radical (unpaired) electrons. The molecule has 120 valence electrons. The maximum Gasteiger partial charge on any atom is 0.237 e. The Labute approximate surface area is 128 Å². The van der Waals surface area contributed by atoms with E-state index in [1.54, 1.807) is 6.92 Å². The van der Waals surface area contributed by atoms with Gasteiger partial charge in [-0.15, -0.1) is 0 Å². The summed E-state index contributed by atoms with van der Waals surface area (Å²) in [6, 6.07) is 0.680. The molecular weight excluding hydrogens is 266 g/mol. The van der Waals surface area contributed by atoms with Crippen LogP contribution in [0.3, 0.4) is 0 Å². The number of hydrogen-bond acceptors (Lipinski definition) is 3. The minimum atomic E-state index is 0.0209. The van der Waals surface area contributed by atoms with Crippen molar-refractivity contribution in [1.82, 2.24) is 15.1 Å². The van der Waals surface area contributed by atoms with Gasteiger partial charge in [-0.2, -0.15) is 0 Å². The maximum atomic E-state index is 12.6. The highest BCUT2D eigenvalue weighted by Gasteiger charge is 2.33. The largest absolute Gasteiger partial charge is 0.352 e. The van der Waals surface area contributed by atoms with E-state index in [-0.39, 0.29) is 17.9 Å². The van der Waals surface area contributed by atoms with Crippen molar-refractivity contribution in [2.75, 3.05) is 26.2 Å². The van der Waals surface area contributed by atoms with E-state index in [9.17, 15) is 9.59 Å². The Bertz CT molecular complexity index is 380. The quantitative estimate of drug-likeness (QED) is 0.802. The van der Waals surface area contributed by atoms with Gasteiger partial charge in [0.05, 0.1) is 6.54 Å². The van der Waals surface area contributed by atoms with E-state index in [0.717, 1.165) is 45.3 Å². The molecule has 1 aliphatic carbocycles. The van der Waals surface area contributed by atoms with Crippen molar-refractivity contribution in [3.63, 3.8) is 0 Å². The lowest BCUT2D eigenvalue weighted by atomic mass is 10.1. The highest BCUT2D eigenvalue weighted by Crippen LogP contribution is 2.28. The first-order valence-corrected chi connectivity index (χ1v) is 8.24. The van der Waals surface area contributed by atoms with Gasteiger partial charge < -0.3 is 10.2 Å². The lowest BCUT2D eigenvalue weighted by Gasteiger charge is -2.34. The second kappa shape index (κ2) is 7.25. The maximum absolute atomic E-state index is 12.6. The predicted molar refractivity (Wildman–Crippen MR) is 82.9 cm³/mol. The third-order valence-electron chi connectivity index (χ3n) is 4.14. The number of rotatable bonds is 6. The zero-order valence-electron chi connectivity index (χ0n) is 13.6. The molecule has 5 heteroatoms. The van der Waals surface area contributed by atoms with Crippen molar-refractivity contribution < 1.29 is 9.59 Å². The topological polar surface area (TPSA) is 52.7 Å². The van der Waals surface area contributed by atoms with Crippen LogP contribution in [0.2, 0.25) is 0 Å². The van der Waals surface area contributed by atoms with Crippen molar-refractivity contribution in [3.05, 3.63) is 0 Å². The first-order chi connectivity index (χ1) is 9.95. The van der Waals surface area contributed by atoms with Gasteiger partial charge in [0, 0.05) is 32.1 Å². The van der Waals surface area contributed by atoms with Crippen LogP contribution in [0.25, 0.3) is 0 Å². The number of carbonyl (C=O) groups excluding carboxylic acids is 2. The van der Waals surface area contributed by atoms with E-state index in [2.05, 4.69) is 29.0 Å². The van der Waals surface area contributed by atoms with Gasteiger partial charge in [0.1, 0.15) is 0 Å². The van der Waals surface area contributed by atoms with Gasteiger partial charge in [-0.1, -0.05) is 13.8 Å². The van der Waals surface area contributed by atoms with Crippen LogP contribution in [-0.4, -0.2) is 59.9 Å². The average molecular weight is 295 g/mol. The minimum Gasteiger partial charge on any atom is -0.352 e. The SMILES string of the molecule is CC(=O)NC1CCCN(CC(=O)N(CC(C)C)C2CC2)C1.